The highest BCUT2D eigenvalue weighted by Gasteiger charge is 2.03. The smallest absolute Gasteiger partial charge is 0.259 e. The molecule has 5 nitrogen and oxygen atoms in total. The summed E-state index contributed by atoms with van der Waals surface area (Å²) in [6.07, 6.45) is 3.86. The summed E-state index contributed by atoms with van der Waals surface area (Å²) < 4.78 is 5.13. The first-order valence-corrected chi connectivity index (χ1v) is 9.27. The van der Waals surface area contributed by atoms with Crippen LogP contribution >= 0.6 is 0 Å². The van der Waals surface area contributed by atoms with Crippen LogP contribution < -0.4 is 15.5 Å². The predicted octanol–water partition coefficient (Wildman–Crippen LogP) is 4.34. The van der Waals surface area contributed by atoms with E-state index in [1.54, 1.807) is 7.11 Å². The van der Waals surface area contributed by atoms with Gasteiger partial charge in [-0.1, -0.05) is 66.7 Å². The third-order valence-corrected chi connectivity index (χ3v) is 4.15. The Balaban J connectivity index is 1.65. The summed E-state index contributed by atoms with van der Waals surface area (Å²) in [7, 11) is 1.62. The summed E-state index contributed by atoms with van der Waals surface area (Å²) in [5.74, 6) is 0.532. The molecule has 3 aromatic carbocycles. The van der Waals surface area contributed by atoms with E-state index in [1.165, 1.54) is 0 Å². The fourth-order valence-corrected chi connectivity index (χ4v) is 2.60. The van der Waals surface area contributed by atoms with Crippen LogP contribution in [-0.2, 0) is 4.79 Å². The van der Waals surface area contributed by atoms with Crippen molar-refractivity contribution in [2.45, 2.75) is 0 Å². The van der Waals surface area contributed by atoms with Crippen molar-refractivity contribution in [3.05, 3.63) is 102 Å². The largest absolute Gasteiger partial charge is 0.497 e. The average molecular weight is 385 g/mol. The van der Waals surface area contributed by atoms with Gasteiger partial charge in [0.25, 0.3) is 5.91 Å². The molecular formula is C24H23N3O2. The van der Waals surface area contributed by atoms with E-state index in [-0.39, 0.29) is 12.5 Å². The maximum Gasteiger partial charge on any atom is 0.259 e. The van der Waals surface area contributed by atoms with Crippen LogP contribution in [-0.4, -0.2) is 25.3 Å². The van der Waals surface area contributed by atoms with Gasteiger partial charge in [-0.2, -0.15) is 5.10 Å². The number of hydrogen-bond acceptors (Lipinski definition) is 4. The van der Waals surface area contributed by atoms with Gasteiger partial charge in [0.15, 0.2) is 0 Å². The number of carbonyl (C=O) groups excluding carboxylic acids is 1. The summed E-state index contributed by atoms with van der Waals surface area (Å²) in [5.41, 5.74) is 6.10. The molecule has 3 rings (SSSR count). The lowest BCUT2D eigenvalue weighted by Crippen LogP contribution is -2.26. The van der Waals surface area contributed by atoms with Gasteiger partial charge < -0.3 is 10.1 Å². The van der Waals surface area contributed by atoms with E-state index in [0.29, 0.717) is 5.71 Å². The van der Waals surface area contributed by atoms with E-state index in [4.69, 9.17) is 4.74 Å². The molecule has 0 aromatic heterocycles. The second kappa shape index (κ2) is 10.5. The highest BCUT2D eigenvalue weighted by molar-refractivity contribution is 6.11. The maximum atomic E-state index is 12.2. The molecule has 0 atom stereocenters. The lowest BCUT2D eigenvalue weighted by Gasteiger charge is -2.07. The number of hydrazone groups is 1. The zero-order chi connectivity index (χ0) is 20.3. The number of anilines is 1. The number of methoxy groups -OCH3 is 1. The van der Waals surface area contributed by atoms with Crippen LogP contribution in [0.3, 0.4) is 0 Å². The van der Waals surface area contributed by atoms with E-state index in [1.807, 2.05) is 97.1 Å². The molecule has 146 valence electrons. The quantitative estimate of drug-likeness (QED) is 0.448. The number of hydrogen-bond donors (Lipinski definition) is 2. The molecule has 0 aliphatic rings. The fourth-order valence-electron chi connectivity index (χ4n) is 2.60. The number of carbonyl (C=O) groups is 1. The van der Waals surface area contributed by atoms with Gasteiger partial charge in [-0.25, -0.2) is 5.43 Å². The van der Waals surface area contributed by atoms with Crippen molar-refractivity contribution in [3.8, 4) is 5.75 Å². The molecule has 0 heterocycles. The van der Waals surface area contributed by atoms with Crippen LogP contribution in [0.2, 0.25) is 0 Å². The van der Waals surface area contributed by atoms with Crippen LogP contribution in [0.15, 0.2) is 96.1 Å². The second-order valence-corrected chi connectivity index (χ2v) is 6.22. The Morgan fingerprint density at radius 1 is 0.931 bits per heavy atom. The third kappa shape index (κ3) is 6.36. The Kier molecular flexibility index (Phi) is 7.18. The van der Waals surface area contributed by atoms with E-state index in [2.05, 4.69) is 15.8 Å². The predicted molar refractivity (Wildman–Crippen MR) is 118 cm³/mol. The molecule has 0 bridgehead atoms. The number of rotatable bonds is 8. The van der Waals surface area contributed by atoms with Crippen molar-refractivity contribution in [1.29, 1.82) is 0 Å². The van der Waals surface area contributed by atoms with Gasteiger partial charge >= 0.3 is 0 Å². The number of benzene rings is 3. The molecule has 0 aliphatic heterocycles. The van der Waals surface area contributed by atoms with Crippen molar-refractivity contribution in [3.63, 3.8) is 0 Å². The SMILES string of the molecule is COc1ccc(NCC(=O)NN=C(/C=C\c2ccccc2)c2ccccc2)cc1. The summed E-state index contributed by atoms with van der Waals surface area (Å²) in [6.45, 7) is 0.111. The summed E-state index contributed by atoms with van der Waals surface area (Å²) in [5, 5.41) is 7.38. The Morgan fingerprint density at radius 2 is 1.59 bits per heavy atom. The molecule has 0 aliphatic carbocycles. The zero-order valence-corrected chi connectivity index (χ0v) is 16.2. The molecule has 5 heteroatoms. The van der Waals surface area contributed by atoms with E-state index in [0.717, 1.165) is 22.6 Å². The Morgan fingerprint density at radius 3 is 2.24 bits per heavy atom. The number of nitrogens with one attached hydrogen (secondary N) is 2. The molecule has 0 spiro atoms. The minimum absolute atomic E-state index is 0.111. The normalized spacial score (nSPS) is 11.3. The van der Waals surface area contributed by atoms with Gasteiger partial charge in [0, 0.05) is 11.3 Å². The zero-order valence-electron chi connectivity index (χ0n) is 16.2. The van der Waals surface area contributed by atoms with Gasteiger partial charge in [0.05, 0.1) is 19.4 Å². The van der Waals surface area contributed by atoms with Gasteiger partial charge in [0.1, 0.15) is 5.75 Å². The van der Waals surface area contributed by atoms with Crippen LogP contribution in [0, 0.1) is 0 Å². The molecule has 0 fully saturated rings. The number of nitrogens with zero attached hydrogens (tertiary/aromatic N) is 1. The minimum Gasteiger partial charge on any atom is -0.497 e. The molecule has 0 saturated carbocycles. The molecule has 3 aromatic rings. The Hall–Kier alpha value is -3.86. The number of allylic oxidation sites excluding steroid dienone is 1. The van der Waals surface area contributed by atoms with Gasteiger partial charge in [-0.05, 0) is 35.9 Å². The molecule has 0 unspecified atom stereocenters. The van der Waals surface area contributed by atoms with Crippen LogP contribution in [0.1, 0.15) is 11.1 Å². The fraction of sp³-hybridized carbons (Fsp3) is 0.0833. The summed E-state index contributed by atoms with van der Waals surface area (Å²) >= 11 is 0. The minimum atomic E-state index is -0.234. The monoisotopic (exact) mass is 385 g/mol. The topological polar surface area (TPSA) is 62.7 Å². The first-order chi connectivity index (χ1) is 14.2. The van der Waals surface area contributed by atoms with Crippen LogP contribution in [0.25, 0.3) is 6.08 Å². The van der Waals surface area contributed by atoms with Gasteiger partial charge in [-0.15, -0.1) is 0 Å². The molecule has 0 saturated heterocycles. The first kappa shape index (κ1) is 19.9. The van der Waals surface area contributed by atoms with Crippen molar-refractivity contribution in [2.75, 3.05) is 19.0 Å². The van der Waals surface area contributed by atoms with E-state index < -0.39 is 0 Å². The van der Waals surface area contributed by atoms with Crippen LogP contribution in [0.4, 0.5) is 5.69 Å². The standard InChI is InChI=1S/C24H23N3O2/c1-29-22-15-13-21(14-16-22)25-18-24(28)27-26-23(20-10-6-3-7-11-20)17-12-19-8-4-2-5-9-19/h2-17,25H,18H2,1H3,(H,27,28)/b17-12-,26-23?. The average Bonchev–Trinajstić information content (AvgIpc) is 2.79. The number of amides is 1. The Labute approximate surface area is 170 Å². The number of ether oxygens (including phenoxy) is 1. The van der Waals surface area contributed by atoms with Gasteiger partial charge in [0.2, 0.25) is 0 Å². The van der Waals surface area contributed by atoms with Crippen molar-refractivity contribution in [1.82, 2.24) is 5.43 Å². The van der Waals surface area contributed by atoms with Crippen molar-refractivity contribution in [2.24, 2.45) is 5.10 Å². The molecule has 1 amide bonds. The maximum absolute atomic E-state index is 12.2. The molecule has 2 N–H and O–H groups in total. The van der Waals surface area contributed by atoms with Crippen molar-refractivity contribution < 1.29 is 9.53 Å². The third-order valence-electron chi connectivity index (χ3n) is 4.15. The summed E-state index contributed by atoms with van der Waals surface area (Å²) in [4.78, 5) is 12.2. The van der Waals surface area contributed by atoms with E-state index in [9.17, 15) is 4.79 Å². The lowest BCUT2D eigenvalue weighted by molar-refractivity contribution is -0.119. The molecule has 29 heavy (non-hydrogen) atoms. The lowest BCUT2D eigenvalue weighted by atomic mass is 10.1. The highest BCUT2D eigenvalue weighted by Crippen LogP contribution is 2.14. The van der Waals surface area contributed by atoms with Crippen molar-refractivity contribution >= 4 is 23.4 Å². The molecule has 0 radical (unpaired) electrons. The molecular weight excluding hydrogens is 362 g/mol. The highest BCUT2D eigenvalue weighted by atomic mass is 16.5. The second-order valence-electron chi connectivity index (χ2n) is 6.22. The Bertz CT molecular complexity index is 966. The summed E-state index contributed by atoms with van der Waals surface area (Å²) in [6, 6.07) is 27.1. The van der Waals surface area contributed by atoms with E-state index >= 15 is 0 Å². The van der Waals surface area contributed by atoms with Gasteiger partial charge in [-0.3, -0.25) is 4.79 Å². The van der Waals surface area contributed by atoms with Crippen LogP contribution in [0.5, 0.6) is 5.75 Å². The first-order valence-electron chi connectivity index (χ1n) is 9.27.